The number of benzene rings is 2. The number of aliphatic hydroxyl groups is 1. The quantitative estimate of drug-likeness (QED) is 0.508. The first-order valence-corrected chi connectivity index (χ1v) is 11.3. The lowest BCUT2D eigenvalue weighted by atomic mass is 9.86. The normalized spacial score (nSPS) is 16.3. The molecule has 1 heterocycles. The van der Waals surface area contributed by atoms with Gasteiger partial charge in [-0.05, 0) is 73.2 Å². The molecule has 0 fully saturated rings. The molecule has 0 spiro atoms. The first-order chi connectivity index (χ1) is 15.5. The second kappa shape index (κ2) is 10.3. The number of aromatic nitrogens is 1. The lowest BCUT2D eigenvalue weighted by Gasteiger charge is -2.27. The summed E-state index contributed by atoms with van der Waals surface area (Å²) in [5, 5.41) is 14.6. The highest BCUT2D eigenvalue weighted by molar-refractivity contribution is 6.30. The molecule has 1 aliphatic rings. The summed E-state index contributed by atoms with van der Waals surface area (Å²) in [6.45, 7) is 2.61. The van der Waals surface area contributed by atoms with E-state index in [2.05, 4.69) is 28.5 Å². The Labute approximate surface area is 193 Å². The van der Waals surface area contributed by atoms with Crippen molar-refractivity contribution < 1.29 is 14.6 Å². The molecular formula is C26H27ClN2O3. The summed E-state index contributed by atoms with van der Waals surface area (Å²) in [7, 11) is 0. The maximum Gasteiger partial charge on any atom is 0.339 e. The second-order valence-corrected chi connectivity index (χ2v) is 8.49. The van der Waals surface area contributed by atoms with Crippen LogP contribution in [0.4, 0.5) is 0 Å². The molecule has 2 atom stereocenters. The maximum absolute atomic E-state index is 11.8. The fourth-order valence-electron chi connectivity index (χ4n) is 4.10. The van der Waals surface area contributed by atoms with Crippen LogP contribution in [-0.4, -0.2) is 35.3 Å². The van der Waals surface area contributed by atoms with Gasteiger partial charge in [-0.25, -0.2) is 4.79 Å². The Morgan fingerprint density at radius 3 is 2.84 bits per heavy atom. The topological polar surface area (TPSA) is 71.5 Å². The molecule has 3 aromatic rings. The number of esters is 1. The summed E-state index contributed by atoms with van der Waals surface area (Å²) in [6, 6.07) is 17.7. The molecule has 0 saturated heterocycles. The molecule has 0 radical (unpaired) electrons. The Morgan fingerprint density at radius 2 is 2.09 bits per heavy atom. The van der Waals surface area contributed by atoms with E-state index in [0.717, 1.165) is 36.1 Å². The van der Waals surface area contributed by atoms with Gasteiger partial charge in [0.25, 0.3) is 0 Å². The molecular weight excluding hydrogens is 424 g/mol. The third kappa shape index (κ3) is 5.36. The molecule has 1 aromatic heterocycles. The van der Waals surface area contributed by atoms with Crippen LogP contribution >= 0.6 is 11.6 Å². The highest BCUT2D eigenvalue weighted by Gasteiger charge is 2.20. The fourth-order valence-corrected chi connectivity index (χ4v) is 4.30. The molecule has 0 bridgehead atoms. The third-order valence-corrected chi connectivity index (χ3v) is 6.07. The van der Waals surface area contributed by atoms with Gasteiger partial charge in [-0.1, -0.05) is 35.9 Å². The summed E-state index contributed by atoms with van der Waals surface area (Å²) in [4.78, 5) is 16.3. The van der Waals surface area contributed by atoms with Gasteiger partial charge in [-0.2, -0.15) is 0 Å². The summed E-state index contributed by atoms with van der Waals surface area (Å²) < 4.78 is 5.02. The average molecular weight is 451 g/mol. The predicted molar refractivity (Wildman–Crippen MR) is 126 cm³/mol. The van der Waals surface area contributed by atoms with Gasteiger partial charge in [0, 0.05) is 29.4 Å². The Kier molecular flexibility index (Phi) is 7.20. The van der Waals surface area contributed by atoms with Crippen LogP contribution in [0.1, 0.15) is 46.5 Å². The highest BCUT2D eigenvalue weighted by Crippen LogP contribution is 2.27. The minimum absolute atomic E-state index is 0.297. The minimum Gasteiger partial charge on any atom is -0.462 e. The second-order valence-electron chi connectivity index (χ2n) is 8.05. The molecule has 6 heteroatoms. The summed E-state index contributed by atoms with van der Waals surface area (Å²) >= 11 is 6.04. The number of nitrogens with one attached hydrogen (secondary N) is 1. The monoisotopic (exact) mass is 450 g/mol. The van der Waals surface area contributed by atoms with Crippen molar-refractivity contribution in [3.8, 4) is 11.3 Å². The van der Waals surface area contributed by atoms with Gasteiger partial charge in [0.15, 0.2) is 0 Å². The van der Waals surface area contributed by atoms with Crippen LogP contribution in [0.5, 0.6) is 0 Å². The molecule has 4 rings (SSSR count). The van der Waals surface area contributed by atoms with Gasteiger partial charge < -0.3 is 15.2 Å². The van der Waals surface area contributed by atoms with Crippen LogP contribution in [0.25, 0.3) is 11.3 Å². The number of hydrogen-bond donors (Lipinski definition) is 2. The van der Waals surface area contributed by atoms with Gasteiger partial charge in [0.2, 0.25) is 0 Å². The number of aliphatic hydroxyl groups excluding tert-OH is 1. The van der Waals surface area contributed by atoms with E-state index in [1.54, 1.807) is 31.3 Å². The summed E-state index contributed by atoms with van der Waals surface area (Å²) in [5.41, 5.74) is 5.77. The summed E-state index contributed by atoms with van der Waals surface area (Å²) in [6.07, 6.45) is 3.89. The van der Waals surface area contributed by atoms with Gasteiger partial charge in [-0.15, -0.1) is 0 Å². The number of hydrogen-bond acceptors (Lipinski definition) is 5. The molecule has 32 heavy (non-hydrogen) atoms. The zero-order valence-electron chi connectivity index (χ0n) is 18.1. The van der Waals surface area contributed by atoms with E-state index >= 15 is 0 Å². The molecule has 2 N–H and O–H groups in total. The minimum atomic E-state index is -0.594. The first kappa shape index (κ1) is 22.5. The average Bonchev–Trinajstić information content (AvgIpc) is 2.82. The van der Waals surface area contributed by atoms with Gasteiger partial charge in [0.1, 0.15) is 0 Å². The molecule has 0 amide bonds. The van der Waals surface area contributed by atoms with Crippen LogP contribution < -0.4 is 5.32 Å². The molecule has 2 aromatic carbocycles. The summed E-state index contributed by atoms with van der Waals surface area (Å²) in [5.74, 6) is -0.356. The van der Waals surface area contributed by atoms with Crippen molar-refractivity contribution >= 4 is 17.6 Å². The van der Waals surface area contributed by atoms with Crippen LogP contribution in [-0.2, 0) is 17.6 Å². The van der Waals surface area contributed by atoms with E-state index in [-0.39, 0.29) is 5.97 Å². The van der Waals surface area contributed by atoms with Gasteiger partial charge in [0.05, 0.1) is 24.0 Å². The highest BCUT2D eigenvalue weighted by atomic mass is 35.5. The Morgan fingerprint density at radius 1 is 1.22 bits per heavy atom. The van der Waals surface area contributed by atoms with Crippen molar-refractivity contribution in [3.05, 3.63) is 88.1 Å². The molecule has 0 saturated carbocycles. The number of halogens is 1. The molecule has 0 aliphatic heterocycles. The van der Waals surface area contributed by atoms with Crippen molar-refractivity contribution in [2.24, 2.45) is 0 Å². The maximum atomic E-state index is 11.8. The largest absolute Gasteiger partial charge is 0.462 e. The third-order valence-electron chi connectivity index (χ3n) is 5.84. The van der Waals surface area contributed by atoms with E-state index in [4.69, 9.17) is 16.3 Å². The van der Waals surface area contributed by atoms with Crippen molar-refractivity contribution in [2.75, 3.05) is 13.2 Å². The zero-order chi connectivity index (χ0) is 22.5. The number of fused-ring (bicyclic) bond motifs is 1. The zero-order valence-corrected chi connectivity index (χ0v) is 18.8. The van der Waals surface area contributed by atoms with Gasteiger partial charge >= 0.3 is 5.97 Å². The van der Waals surface area contributed by atoms with Crippen LogP contribution in [0.2, 0.25) is 5.02 Å². The molecule has 0 unspecified atom stereocenters. The van der Waals surface area contributed by atoms with E-state index in [1.807, 2.05) is 18.2 Å². The smallest absolute Gasteiger partial charge is 0.339 e. The Balaban J connectivity index is 1.41. The number of pyridine rings is 1. The van der Waals surface area contributed by atoms with Crippen LogP contribution in [0.3, 0.4) is 0 Å². The number of carbonyl (C=O) groups excluding carboxylic acids is 1. The van der Waals surface area contributed by atoms with Crippen molar-refractivity contribution in [2.45, 2.75) is 38.3 Å². The first-order valence-electron chi connectivity index (χ1n) is 11.0. The van der Waals surface area contributed by atoms with Gasteiger partial charge in [-0.3, -0.25) is 4.98 Å². The van der Waals surface area contributed by atoms with Crippen molar-refractivity contribution in [3.63, 3.8) is 0 Å². The fraction of sp³-hybridized carbons (Fsp3) is 0.308. The number of carbonyl (C=O) groups is 1. The number of ether oxygens (including phenoxy) is 1. The molecule has 1 aliphatic carbocycles. The Bertz CT molecular complexity index is 1080. The van der Waals surface area contributed by atoms with Crippen molar-refractivity contribution in [1.82, 2.24) is 10.3 Å². The van der Waals surface area contributed by atoms with E-state index in [1.165, 1.54) is 11.1 Å². The van der Waals surface area contributed by atoms with Crippen LogP contribution in [0.15, 0.2) is 60.8 Å². The number of rotatable bonds is 7. The van der Waals surface area contributed by atoms with E-state index < -0.39 is 6.10 Å². The molecule has 166 valence electrons. The molecule has 5 nitrogen and oxygen atoms in total. The van der Waals surface area contributed by atoms with E-state index in [9.17, 15) is 9.90 Å². The lowest BCUT2D eigenvalue weighted by molar-refractivity contribution is 0.0526. The van der Waals surface area contributed by atoms with Crippen molar-refractivity contribution in [1.29, 1.82) is 0 Å². The van der Waals surface area contributed by atoms with E-state index in [0.29, 0.717) is 29.8 Å². The number of aryl methyl sites for hydroxylation is 1. The standard InChI is InChI=1S/C26H27ClN2O3/c1-2-32-26(31)20-9-11-24(29-15-20)18-7-6-17-8-10-23(14-21(17)12-18)28-16-25(30)19-4-3-5-22(27)13-19/h3-7,9,11-13,15,23,25,28,30H,2,8,10,14,16H2,1H3/t23-,25+/m0/s1. The van der Waals surface area contributed by atoms with Crippen LogP contribution in [0, 0.1) is 0 Å². The lowest BCUT2D eigenvalue weighted by Crippen LogP contribution is -2.37. The SMILES string of the molecule is CCOC(=O)c1ccc(-c2ccc3c(c2)C[C@@H](NC[C@@H](O)c2cccc(Cl)c2)CC3)nc1. The Hall–Kier alpha value is -2.73. The number of nitrogens with zero attached hydrogens (tertiary/aromatic N) is 1. The predicted octanol–water partition coefficient (Wildman–Crippen LogP) is 4.76.